The minimum atomic E-state index is -4.00. The van der Waals surface area contributed by atoms with E-state index in [2.05, 4.69) is 4.74 Å². The van der Waals surface area contributed by atoms with Gasteiger partial charge in [-0.05, 0) is 19.1 Å². The number of hydroxylamine groups is 1. The molecule has 1 aromatic carbocycles. The van der Waals surface area contributed by atoms with E-state index in [0.29, 0.717) is 0 Å². The molecule has 0 aliphatic heterocycles. The molecule has 0 saturated carbocycles. The number of carbonyl (C=O) groups excluding carboxylic acids is 1. The van der Waals surface area contributed by atoms with E-state index in [1.54, 1.807) is 10.9 Å². The van der Waals surface area contributed by atoms with Gasteiger partial charge < -0.3 is 4.74 Å². The summed E-state index contributed by atoms with van der Waals surface area (Å²) in [6, 6.07) is 7.31. The Morgan fingerprint density at radius 3 is 2.53 bits per heavy atom. The SMILES string of the molecule is CCOC(=O)N(O)NS(=O)(=O)c1ccccc1. The smallest absolute Gasteiger partial charge is 0.447 e. The third-order valence-electron chi connectivity index (χ3n) is 1.70. The fourth-order valence-electron chi connectivity index (χ4n) is 0.988. The predicted molar refractivity (Wildman–Crippen MR) is 57.4 cm³/mol. The van der Waals surface area contributed by atoms with Crippen molar-refractivity contribution in [2.75, 3.05) is 6.61 Å². The molecule has 0 aromatic heterocycles. The monoisotopic (exact) mass is 260 g/mol. The lowest BCUT2D eigenvalue weighted by molar-refractivity contribution is -0.0915. The molecule has 0 heterocycles. The fourth-order valence-corrected chi connectivity index (χ4v) is 1.91. The second-order valence-electron chi connectivity index (χ2n) is 2.92. The highest BCUT2D eigenvalue weighted by atomic mass is 32.2. The van der Waals surface area contributed by atoms with Crippen molar-refractivity contribution < 1.29 is 23.2 Å². The molecule has 17 heavy (non-hydrogen) atoms. The Morgan fingerprint density at radius 2 is 2.00 bits per heavy atom. The van der Waals surface area contributed by atoms with Gasteiger partial charge in [0.15, 0.2) is 0 Å². The normalized spacial score (nSPS) is 10.9. The number of ether oxygens (including phenoxy) is 1. The first kappa shape index (κ1) is 13.4. The maximum Gasteiger partial charge on any atom is 0.450 e. The molecule has 1 aromatic rings. The lowest BCUT2D eigenvalue weighted by Crippen LogP contribution is -2.43. The average Bonchev–Trinajstić information content (AvgIpc) is 2.30. The zero-order valence-corrected chi connectivity index (χ0v) is 9.85. The van der Waals surface area contributed by atoms with Crippen molar-refractivity contribution in [3.63, 3.8) is 0 Å². The number of nitrogens with one attached hydrogen (secondary N) is 1. The standard InChI is InChI=1S/C9H12N2O5S/c1-2-16-9(12)11(13)10-17(14,15)8-6-4-3-5-7-8/h3-7,10,13H,2H2,1H3. The minimum absolute atomic E-state index is 0.0168. The van der Waals surface area contributed by atoms with Crippen molar-refractivity contribution in [3.8, 4) is 0 Å². The summed E-state index contributed by atoms with van der Waals surface area (Å²) in [5.74, 6) is 0. The summed E-state index contributed by atoms with van der Waals surface area (Å²) in [7, 11) is -4.00. The Balaban J connectivity index is 2.78. The molecule has 0 unspecified atom stereocenters. The lowest BCUT2D eigenvalue weighted by Gasteiger charge is -2.15. The number of hydrazine groups is 1. The highest BCUT2D eigenvalue weighted by Crippen LogP contribution is 2.07. The summed E-state index contributed by atoms with van der Waals surface area (Å²) in [5.41, 5.74) is 0. The number of rotatable bonds is 4. The maximum atomic E-state index is 11.6. The summed E-state index contributed by atoms with van der Waals surface area (Å²) in [5, 5.41) is 8.90. The second-order valence-corrected chi connectivity index (χ2v) is 4.58. The van der Waals surface area contributed by atoms with Crippen LogP contribution in [0.25, 0.3) is 0 Å². The molecule has 0 fully saturated rings. The maximum absolute atomic E-state index is 11.6. The van der Waals surface area contributed by atoms with Crippen LogP contribution in [-0.4, -0.2) is 31.5 Å². The summed E-state index contributed by atoms with van der Waals surface area (Å²) in [4.78, 5) is 12.5. The first-order valence-corrected chi connectivity index (χ1v) is 6.19. The van der Waals surface area contributed by atoms with Crippen molar-refractivity contribution in [3.05, 3.63) is 30.3 Å². The molecule has 1 amide bonds. The Labute approximate surface area is 98.6 Å². The number of hydrogen-bond donors (Lipinski definition) is 2. The van der Waals surface area contributed by atoms with Gasteiger partial charge in [-0.1, -0.05) is 28.2 Å². The number of benzene rings is 1. The van der Waals surface area contributed by atoms with Gasteiger partial charge >= 0.3 is 6.09 Å². The summed E-state index contributed by atoms with van der Waals surface area (Å²) in [6.07, 6.45) is -1.20. The largest absolute Gasteiger partial charge is 0.450 e. The molecule has 94 valence electrons. The molecule has 0 radical (unpaired) electrons. The molecule has 0 spiro atoms. The lowest BCUT2D eigenvalue weighted by atomic mass is 10.4. The van der Waals surface area contributed by atoms with Gasteiger partial charge in [0, 0.05) is 0 Å². The molecule has 0 bridgehead atoms. The summed E-state index contributed by atoms with van der Waals surface area (Å²) < 4.78 is 27.7. The highest BCUT2D eigenvalue weighted by Gasteiger charge is 2.21. The van der Waals surface area contributed by atoms with Crippen LogP contribution >= 0.6 is 0 Å². The van der Waals surface area contributed by atoms with Gasteiger partial charge in [0.05, 0.1) is 11.5 Å². The molecule has 8 heteroatoms. The topological polar surface area (TPSA) is 95.9 Å². The van der Waals surface area contributed by atoms with Crippen LogP contribution in [0.4, 0.5) is 4.79 Å². The van der Waals surface area contributed by atoms with E-state index in [1.165, 1.54) is 31.2 Å². The van der Waals surface area contributed by atoms with E-state index < -0.39 is 16.1 Å². The van der Waals surface area contributed by atoms with Crippen molar-refractivity contribution in [1.82, 2.24) is 10.0 Å². The van der Waals surface area contributed by atoms with Gasteiger partial charge in [0.1, 0.15) is 0 Å². The molecule has 2 N–H and O–H groups in total. The molecule has 1 rings (SSSR count). The predicted octanol–water partition coefficient (Wildman–Crippen LogP) is 0.728. The van der Waals surface area contributed by atoms with Crippen molar-refractivity contribution in [2.45, 2.75) is 11.8 Å². The molecule has 7 nitrogen and oxygen atoms in total. The first-order valence-electron chi connectivity index (χ1n) is 4.70. The van der Waals surface area contributed by atoms with Crippen LogP contribution in [0.1, 0.15) is 6.92 Å². The van der Waals surface area contributed by atoms with Crippen LogP contribution in [0.3, 0.4) is 0 Å². The Kier molecular flexibility index (Phi) is 4.44. The molecule has 0 atom stereocenters. The van der Waals surface area contributed by atoms with Crippen LogP contribution in [0, 0.1) is 0 Å². The van der Waals surface area contributed by atoms with Crippen LogP contribution in [0.2, 0.25) is 0 Å². The minimum Gasteiger partial charge on any atom is -0.447 e. The summed E-state index contributed by atoms with van der Waals surface area (Å²) >= 11 is 0. The van der Waals surface area contributed by atoms with E-state index in [-0.39, 0.29) is 16.7 Å². The number of sulfonamides is 1. The van der Waals surface area contributed by atoms with Gasteiger partial charge in [-0.2, -0.15) is 0 Å². The molecule has 0 saturated heterocycles. The highest BCUT2D eigenvalue weighted by molar-refractivity contribution is 7.89. The van der Waals surface area contributed by atoms with Crippen LogP contribution < -0.4 is 4.83 Å². The molecular weight excluding hydrogens is 248 g/mol. The third-order valence-corrected chi connectivity index (χ3v) is 3.01. The van der Waals surface area contributed by atoms with Crippen LogP contribution in [-0.2, 0) is 14.8 Å². The molecule has 0 aliphatic carbocycles. The zero-order valence-electron chi connectivity index (χ0n) is 9.03. The number of nitrogens with zero attached hydrogens (tertiary/aromatic N) is 1. The van der Waals surface area contributed by atoms with Crippen molar-refractivity contribution in [2.24, 2.45) is 0 Å². The summed E-state index contributed by atoms with van der Waals surface area (Å²) in [6.45, 7) is 1.54. The van der Waals surface area contributed by atoms with Crippen molar-refractivity contribution >= 4 is 16.1 Å². The van der Waals surface area contributed by atoms with Gasteiger partial charge in [0.25, 0.3) is 10.0 Å². The fraction of sp³-hybridized carbons (Fsp3) is 0.222. The zero-order chi connectivity index (χ0) is 12.9. The second kappa shape index (κ2) is 5.62. The van der Waals surface area contributed by atoms with E-state index in [4.69, 9.17) is 5.21 Å². The van der Waals surface area contributed by atoms with Gasteiger partial charge in [-0.25, -0.2) is 13.2 Å². The number of amides is 1. The number of hydrogen-bond acceptors (Lipinski definition) is 5. The van der Waals surface area contributed by atoms with E-state index >= 15 is 0 Å². The van der Waals surface area contributed by atoms with E-state index in [1.807, 2.05) is 0 Å². The van der Waals surface area contributed by atoms with Crippen LogP contribution in [0.5, 0.6) is 0 Å². The van der Waals surface area contributed by atoms with Crippen LogP contribution in [0.15, 0.2) is 35.2 Å². The molecular formula is C9H12N2O5S. The molecule has 0 aliphatic rings. The van der Waals surface area contributed by atoms with Crippen molar-refractivity contribution in [1.29, 1.82) is 0 Å². The third kappa shape index (κ3) is 3.70. The Hall–Kier alpha value is -1.64. The Morgan fingerprint density at radius 1 is 1.41 bits per heavy atom. The van der Waals surface area contributed by atoms with Gasteiger partial charge in [-0.3, -0.25) is 5.21 Å². The first-order chi connectivity index (χ1) is 7.97. The van der Waals surface area contributed by atoms with E-state index in [9.17, 15) is 13.2 Å². The Bertz CT molecular complexity index is 473. The van der Waals surface area contributed by atoms with E-state index in [0.717, 1.165) is 0 Å². The quantitative estimate of drug-likeness (QED) is 0.614. The average molecular weight is 260 g/mol. The van der Waals surface area contributed by atoms with Gasteiger partial charge in [0.2, 0.25) is 0 Å². The van der Waals surface area contributed by atoms with Gasteiger partial charge in [-0.15, -0.1) is 0 Å². The number of carbonyl (C=O) groups is 1.